The van der Waals surface area contributed by atoms with E-state index in [1.54, 1.807) is 19.3 Å². The summed E-state index contributed by atoms with van der Waals surface area (Å²) in [5, 5.41) is 9.39. The van der Waals surface area contributed by atoms with Crippen molar-refractivity contribution in [2.45, 2.75) is 49.3 Å². The Morgan fingerprint density at radius 3 is 2.76 bits per heavy atom. The maximum absolute atomic E-state index is 12.6. The highest BCUT2D eigenvalue weighted by molar-refractivity contribution is 7.89. The second kappa shape index (κ2) is 5.72. The van der Waals surface area contributed by atoms with Gasteiger partial charge in [-0.15, -0.1) is 0 Å². The molecule has 1 aliphatic carbocycles. The van der Waals surface area contributed by atoms with Crippen molar-refractivity contribution >= 4 is 10.0 Å². The number of aliphatic hydroxyl groups is 1. The van der Waals surface area contributed by atoms with E-state index in [4.69, 9.17) is 4.74 Å². The number of sulfonamides is 1. The molecule has 6 nitrogen and oxygen atoms in total. The van der Waals surface area contributed by atoms with Crippen LogP contribution >= 0.6 is 0 Å². The van der Waals surface area contributed by atoms with Crippen LogP contribution in [-0.4, -0.2) is 48.7 Å². The van der Waals surface area contributed by atoms with Crippen LogP contribution in [0.1, 0.15) is 37.4 Å². The van der Waals surface area contributed by atoms with E-state index < -0.39 is 10.0 Å². The highest BCUT2D eigenvalue weighted by atomic mass is 32.2. The number of nitrogens with zero attached hydrogens (tertiary/aromatic N) is 2. The van der Waals surface area contributed by atoms with E-state index in [9.17, 15) is 13.5 Å². The van der Waals surface area contributed by atoms with Gasteiger partial charge in [-0.05, 0) is 31.7 Å². The first-order chi connectivity index (χ1) is 10.0. The van der Waals surface area contributed by atoms with Crippen molar-refractivity contribution in [2.75, 3.05) is 20.2 Å². The average molecular weight is 314 g/mol. The summed E-state index contributed by atoms with van der Waals surface area (Å²) in [5.41, 5.74) is 0.668. The van der Waals surface area contributed by atoms with E-state index in [1.165, 1.54) is 4.31 Å². The van der Waals surface area contributed by atoms with E-state index in [-0.39, 0.29) is 17.6 Å². The Bertz CT molecular complexity index is 600. The molecule has 1 aliphatic heterocycles. The smallest absolute Gasteiger partial charge is 0.244 e. The fourth-order valence-electron chi connectivity index (χ4n) is 2.81. The van der Waals surface area contributed by atoms with Gasteiger partial charge in [-0.1, -0.05) is 0 Å². The maximum Gasteiger partial charge on any atom is 0.244 e. The minimum Gasteiger partial charge on any atom is -0.390 e. The second-order valence-corrected chi connectivity index (χ2v) is 7.93. The van der Waals surface area contributed by atoms with Crippen LogP contribution in [0.2, 0.25) is 0 Å². The molecule has 3 rings (SSSR count). The van der Waals surface area contributed by atoms with Gasteiger partial charge in [-0.25, -0.2) is 8.42 Å². The molecule has 1 aromatic rings. The zero-order valence-corrected chi connectivity index (χ0v) is 13.1. The number of aromatic nitrogens is 1. The van der Waals surface area contributed by atoms with Crippen molar-refractivity contribution in [3.63, 3.8) is 0 Å². The van der Waals surface area contributed by atoms with E-state index in [2.05, 4.69) is 0 Å². The van der Waals surface area contributed by atoms with Crippen LogP contribution in [0.3, 0.4) is 0 Å². The van der Waals surface area contributed by atoms with Crippen LogP contribution in [0.4, 0.5) is 0 Å². The Kier molecular flexibility index (Phi) is 4.09. The third kappa shape index (κ3) is 3.01. The normalized spacial score (nSPS) is 23.1. The summed E-state index contributed by atoms with van der Waals surface area (Å²) in [6.45, 7) is 0.956. The molecule has 21 heavy (non-hydrogen) atoms. The van der Waals surface area contributed by atoms with Gasteiger partial charge in [0, 0.05) is 38.1 Å². The lowest BCUT2D eigenvalue weighted by atomic mass is 10.2. The molecule has 1 unspecified atom stereocenters. The topological polar surface area (TPSA) is 71.8 Å². The van der Waals surface area contributed by atoms with Crippen LogP contribution < -0.4 is 0 Å². The van der Waals surface area contributed by atoms with Gasteiger partial charge >= 0.3 is 0 Å². The Balaban J connectivity index is 1.79. The van der Waals surface area contributed by atoms with Gasteiger partial charge < -0.3 is 14.4 Å². The van der Waals surface area contributed by atoms with E-state index >= 15 is 0 Å². The lowest BCUT2D eigenvalue weighted by Crippen LogP contribution is -2.33. The average Bonchev–Trinajstić information content (AvgIpc) is 3.00. The number of hydrogen-bond donors (Lipinski definition) is 1. The van der Waals surface area contributed by atoms with Crippen molar-refractivity contribution < 1.29 is 18.3 Å². The molecule has 118 valence electrons. The van der Waals surface area contributed by atoms with Gasteiger partial charge in [0.2, 0.25) is 10.0 Å². The number of likely N-dealkylation sites (N-methyl/N-ethyl adjacent to an activating group) is 1. The minimum atomic E-state index is -3.52. The summed E-state index contributed by atoms with van der Waals surface area (Å²) < 4.78 is 34.0. The monoisotopic (exact) mass is 314 g/mol. The fourth-order valence-corrected chi connectivity index (χ4v) is 4.06. The van der Waals surface area contributed by atoms with Crippen LogP contribution in [0.15, 0.2) is 17.2 Å². The molecule has 0 radical (unpaired) electrons. The molecule has 1 saturated carbocycles. The summed E-state index contributed by atoms with van der Waals surface area (Å²) in [7, 11) is -1.94. The van der Waals surface area contributed by atoms with E-state index in [1.807, 2.05) is 4.57 Å². The standard InChI is InChI=1S/C14H22N2O4S/c1-15(8-13-3-2-6-20-13)21(18,19)14-7-12(10-17)16(9-14)11-4-5-11/h7,9,11,13,17H,2-6,8,10H2,1H3. The zero-order valence-electron chi connectivity index (χ0n) is 12.2. The molecule has 2 fully saturated rings. The Morgan fingerprint density at radius 1 is 1.43 bits per heavy atom. The van der Waals surface area contributed by atoms with Gasteiger partial charge in [0.05, 0.1) is 12.7 Å². The Morgan fingerprint density at radius 2 is 2.19 bits per heavy atom. The number of rotatable bonds is 6. The van der Waals surface area contributed by atoms with Crippen molar-refractivity contribution in [3.05, 3.63) is 18.0 Å². The molecular weight excluding hydrogens is 292 g/mol. The predicted octanol–water partition coefficient (Wildman–Crippen LogP) is 1.11. The van der Waals surface area contributed by atoms with Crippen LogP contribution in [-0.2, 0) is 21.4 Å². The van der Waals surface area contributed by atoms with Crippen LogP contribution in [0, 0.1) is 0 Å². The molecule has 1 N–H and O–H groups in total. The molecule has 0 bridgehead atoms. The lowest BCUT2D eigenvalue weighted by molar-refractivity contribution is 0.0979. The SMILES string of the molecule is CN(CC1CCCO1)S(=O)(=O)c1cc(CO)n(C2CC2)c1. The summed E-state index contributed by atoms with van der Waals surface area (Å²) in [6, 6.07) is 1.93. The highest BCUT2D eigenvalue weighted by Crippen LogP contribution is 2.37. The quantitative estimate of drug-likeness (QED) is 0.854. The first-order valence-electron chi connectivity index (χ1n) is 7.42. The van der Waals surface area contributed by atoms with Gasteiger partial charge in [0.25, 0.3) is 0 Å². The molecule has 2 aliphatic rings. The molecule has 7 heteroatoms. The molecule has 1 aromatic heterocycles. The van der Waals surface area contributed by atoms with Crippen LogP contribution in [0.25, 0.3) is 0 Å². The van der Waals surface area contributed by atoms with E-state index in [0.717, 1.165) is 25.7 Å². The molecular formula is C14H22N2O4S. The first-order valence-corrected chi connectivity index (χ1v) is 8.86. The van der Waals surface area contributed by atoms with Crippen LogP contribution in [0.5, 0.6) is 0 Å². The van der Waals surface area contributed by atoms with Gasteiger partial charge in [-0.2, -0.15) is 4.31 Å². The van der Waals surface area contributed by atoms with Crippen molar-refractivity contribution in [1.82, 2.24) is 8.87 Å². The first kappa shape index (κ1) is 15.0. The molecule has 0 aromatic carbocycles. The number of aliphatic hydroxyl groups excluding tert-OH is 1. The van der Waals surface area contributed by atoms with Gasteiger partial charge in [0.15, 0.2) is 0 Å². The third-order valence-corrected chi connectivity index (χ3v) is 5.99. The van der Waals surface area contributed by atoms with Crippen molar-refractivity contribution in [3.8, 4) is 0 Å². The van der Waals surface area contributed by atoms with E-state index in [0.29, 0.717) is 24.9 Å². The predicted molar refractivity (Wildman–Crippen MR) is 77.4 cm³/mol. The lowest BCUT2D eigenvalue weighted by Gasteiger charge is -2.19. The van der Waals surface area contributed by atoms with Gasteiger partial charge in [-0.3, -0.25) is 0 Å². The summed E-state index contributed by atoms with van der Waals surface area (Å²) in [6.07, 6.45) is 5.65. The second-order valence-electron chi connectivity index (χ2n) is 5.88. The largest absolute Gasteiger partial charge is 0.390 e. The molecule has 1 saturated heterocycles. The molecule has 0 spiro atoms. The summed E-state index contributed by atoms with van der Waals surface area (Å²) in [4.78, 5) is 0.263. The molecule has 1 atom stereocenters. The zero-order chi connectivity index (χ0) is 15.0. The minimum absolute atomic E-state index is 0.00685. The molecule has 2 heterocycles. The van der Waals surface area contributed by atoms with Gasteiger partial charge in [0.1, 0.15) is 4.90 Å². The Hall–Kier alpha value is -0.890. The third-order valence-electron chi connectivity index (χ3n) is 4.20. The van der Waals surface area contributed by atoms with Crippen molar-refractivity contribution in [2.24, 2.45) is 0 Å². The molecule has 0 amide bonds. The maximum atomic E-state index is 12.6. The number of hydrogen-bond acceptors (Lipinski definition) is 4. The number of ether oxygens (including phenoxy) is 1. The Labute approximate surface area is 125 Å². The summed E-state index contributed by atoms with van der Waals surface area (Å²) >= 11 is 0. The fraction of sp³-hybridized carbons (Fsp3) is 0.714. The summed E-state index contributed by atoms with van der Waals surface area (Å²) in [5.74, 6) is 0. The van der Waals surface area contributed by atoms with Crippen molar-refractivity contribution in [1.29, 1.82) is 0 Å². The highest BCUT2D eigenvalue weighted by Gasteiger charge is 2.31.